The van der Waals surface area contributed by atoms with Gasteiger partial charge in [0.2, 0.25) is 5.91 Å². The third kappa shape index (κ3) is 4.34. The summed E-state index contributed by atoms with van der Waals surface area (Å²) in [5, 5.41) is 3.06. The highest BCUT2D eigenvalue weighted by Crippen LogP contribution is 2.24. The quantitative estimate of drug-likeness (QED) is 0.725. The minimum atomic E-state index is -0.314. The first-order valence-electron chi connectivity index (χ1n) is 8.43. The molecule has 0 aliphatic rings. The van der Waals surface area contributed by atoms with Crippen LogP contribution < -0.4 is 11.1 Å². The molecule has 0 atom stereocenters. The molecule has 0 unspecified atom stereocenters. The second kappa shape index (κ2) is 8.27. The molecule has 3 aromatic rings. The van der Waals surface area contributed by atoms with Crippen LogP contribution in [0.1, 0.15) is 28.2 Å². The van der Waals surface area contributed by atoms with Crippen LogP contribution in [-0.2, 0) is 17.9 Å². The highest BCUT2D eigenvalue weighted by Gasteiger charge is 2.22. The average Bonchev–Trinajstić information content (AvgIpc) is 2.69. The maximum Gasteiger partial charge on any atom is 0.232 e. The minimum absolute atomic E-state index is 0.000279. The van der Waals surface area contributed by atoms with E-state index in [0.717, 1.165) is 22.3 Å². The van der Waals surface area contributed by atoms with Crippen molar-refractivity contribution in [3.8, 4) is 0 Å². The fourth-order valence-electron chi connectivity index (χ4n) is 2.87. The van der Waals surface area contributed by atoms with Gasteiger partial charge < -0.3 is 11.1 Å². The molecule has 25 heavy (non-hydrogen) atoms. The molecular weight excluding hydrogens is 308 g/mol. The van der Waals surface area contributed by atoms with E-state index in [1.807, 2.05) is 84.9 Å². The molecule has 126 valence electrons. The van der Waals surface area contributed by atoms with Crippen LogP contribution in [0.5, 0.6) is 0 Å². The Balaban J connectivity index is 1.77. The van der Waals surface area contributed by atoms with E-state index in [9.17, 15) is 4.79 Å². The second-order valence-electron chi connectivity index (χ2n) is 5.99. The van der Waals surface area contributed by atoms with E-state index in [-0.39, 0.29) is 11.8 Å². The van der Waals surface area contributed by atoms with Gasteiger partial charge in [0.25, 0.3) is 0 Å². The average molecular weight is 330 g/mol. The summed E-state index contributed by atoms with van der Waals surface area (Å²) in [6.45, 7) is 1.02. The number of hydrogen-bond donors (Lipinski definition) is 2. The Morgan fingerprint density at radius 2 is 1.24 bits per heavy atom. The first-order chi connectivity index (χ1) is 12.3. The van der Waals surface area contributed by atoms with Gasteiger partial charge in [-0.2, -0.15) is 0 Å². The number of carbonyl (C=O) groups excluding carboxylic acids is 1. The SMILES string of the molecule is NCc1ccc(CNC(=O)C(c2ccccc2)c2ccccc2)cc1. The van der Waals surface area contributed by atoms with E-state index in [0.29, 0.717) is 13.1 Å². The van der Waals surface area contributed by atoms with Gasteiger partial charge in [-0.3, -0.25) is 4.79 Å². The molecule has 0 radical (unpaired) electrons. The van der Waals surface area contributed by atoms with Gasteiger partial charge in [-0.1, -0.05) is 84.9 Å². The number of amides is 1. The van der Waals surface area contributed by atoms with Crippen LogP contribution in [0, 0.1) is 0 Å². The van der Waals surface area contributed by atoms with Gasteiger partial charge in [-0.15, -0.1) is 0 Å². The Kier molecular flexibility index (Phi) is 5.60. The summed E-state index contributed by atoms with van der Waals surface area (Å²) < 4.78 is 0. The maximum absolute atomic E-state index is 12.9. The summed E-state index contributed by atoms with van der Waals surface area (Å²) in [5.41, 5.74) is 9.75. The van der Waals surface area contributed by atoms with Gasteiger partial charge in [0.1, 0.15) is 0 Å². The molecule has 0 saturated carbocycles. The predicted molar refractivity (Wildman–Crippen MR) is 101 cm³/mol. The van der Waals surface area contributed by atoms with Crippen LogP contribution in [0.25, 0.3) is 0 Å². The zero-order valence-electron chi connectivity index (χ0n) is 14.1. The smallest absolute Gasteiger partial charge is 0.232 e. The van der Waals surface area contributed by atoms with Gasteiger partial charge in [-0.25, -0.2) is 0 Å². The molecule has 3 nitrogen and oxygen atoms in total. The van der Waals surface area contributed by atoms with Crippen LogP contribution in [0.3, 0.4) is 0 Å². The summed E-state index contributed by atoms with van der Waals surface area (Å²) in [6.07, 6.45) is 0. The molecule has 0 saturated heterocycles. The van der Waals surface area contributed by atoms with Crippen molar-refractivity contribution in [1.29, 1.82) is 0 Å². The van der Waals surface area contributed by atoms with Gasteiger partial charge in [0, 0.05) is 13.1 Å². The van der Waals surface area contributed by atoms with Crippen LogP contribution in [0.2, 0.25) is 0 Å². The van der Waals surface area contributed by atoms with Crippen LogP contribution in [0.15, 0.2) is 84.9 Å². The molecule has 0 heterocycles. The first kappa shape index (κ1) is 16.9. The molecule has 3 heteroatoms. The normalized spacial score (nSPS) is 10.6. The standard InChI is InChI=1S/C22H22N2O/c23-15-17-11-13-18(14-12-17)16-24-22(25)21(19-7-3-1-4-8-19)20-9-5-2-6-10-20/h1-14,21H,15-16,23H2,(H,24,25). The lowest BCUT2D eigenvalue weighted by molar-refractivity contribution is -0.121. The van der Waals surface area contributed by atoms with Crippen molar-refractivity contribution >= 4 is 5.91 Å². The van der Waals surface area contributed by atoms with E-state index < -0.39 is 0 Å². The molecular formula is C22H22N2O. The molecule has 0 fully saturated rings. The van der Waals surface area contributed by atoms with Crippen LogP contribution in [-0.4, -0.2) is 5.91 Å². The first-order valence-corrected chi connectivity index (χ1v) is 8.43. The molecule has 0 aliphatic carbocycles. The van der Waals surface area contributed by atoms with E-state index in [2.05, 4.69) is 5.32 Å². The van der Waals surface area contributed by atoms with Gasteiger partial charge in [0.15, 0.2) is 0 Å². The zero-order valence-corrected chi connectivity index (χ0v) is 14.1. The summed E-state index contributed by atoms with van der Waals surface area (Å²) in [5.74, 6) is -0.314. The highest BCUT2D eigenvalue weighted by molar-refractivity contribution is 5.87. The Bertz CT molecular complexity index is 759. The largest absolute Gasteiger partial charge is 0.351 e. The minimum Gasteiger partial charge on any atom is -0.351 e. The monoisotopic (exact) mass is 330 g/mol. The Labute approximate surface area is 148 Å². The second-order valence-corrected chi connectivity index (χ2v) is 5.99. The van der Waals surface area contributed by atoms with Crippen molar-refractivity contribution < 1.29 is 4.79 Å². The maximum atomic E-state index is 12.9. The Hall–Kier alpha value is -2.91. The Morgan fingerprint density at radius 1 is 0.760 bits per heavy atom. The van der Waals surface area contributed by atoms with E-state index in [1.54, 1.807) is 0 Å². The topological polar surface area (TPSA) is 55.1 Å². The fraction of sp³-hybridized carbons (Fsp3) is 0.136. The lowest BCUT2D eigenvalue weighted by atomic mass is 9.90. The Morgan fingerprint density at radius 3 is 1.72 bits per heavy atom. The number of rotatable bonds is 6. The number of carbonyl (C=O) groups is 1. The molecule has 0 aromatic heterocycles. The van der Waals surface area contributed by atoms with E-state index >= 15 is 0 Å². The predicted octanol–water partition coefficient (Wildman–Crippen LogP) is 3.59. The van der Waals surface area contributed by atoms with Crippen LogP contribution in [0.4, 0.5) is 0 Å². The molecule has 3 aromatic carbocycles. The molecule has 0 aliphatic heterocycles. The third-order valence-electron chi connectivity index (χ3n) is 4.25. The summed E-state index contributed by atoms with van der Waals surface area (Å²) in [4.78, 5) is 12.9. The third-order valence-corrected chi connectivity index (χ3v) is 4.25. The van der Waals surface area contributed by atoms with Crippen molar-refractivity contribution in [2.24, 2.45) is 5.73 Å². The zero-order chi connectivity index (χ0) is 17.5. The van der Waals surface area contributed by atoms with Gasteiger partial charge in [-0.05, 0) is 22.3 Å². The number of hydrogen-bond acceptors (Lipinski definition) is 2. The van der Waals surface area contributed by atoms with E-state index in [1.165, 1.54) is 0 Å². The van der Waals surface area contributed by atoms with Crippen molar-refractivity contribution in [2.45, 2.75) is 19.0 Å². The summed E-state index contributed by atoms with van der Waals surface area (Å²) in [6, 6.07) is 27.7. The molecule has 0 spiro atoms. The lowest BCUT2D eigenvalue weighted by Crippen LogP contribution is -2.29. The number of nitrogens with two attached hydrogens (primary N) is 1. The number of benzene rings is 3. The fourth-order valence-corrected chi connectivity index (χ4v) is 2.87. The molecule has 3 rings (SSSR count). The lowest BCUT2D eigenvalue weighted by Gasteiger charge is -2.18. The van der Waals surface area contributed by atoms with Gasteiger partial charge in [0.05, 0.1) is 5.92 Å². The summed E-state index contributed by atoms with van der Waals surface area (Å²) in [7, 11) is 0. The highest BCUT2D eigenvalue weighted by atomic mass is 16.1. The van der Waals surface area contributed by atoms with Gasteiger partial charge >= 0.3 is 0 Å². The number of nitrogens with one attached hydrogen (secondary N) is 1. The molecule has 3 N–H and O–H groups in total. The van der Waals surface area contributed by atoms with Crippen molar-refractivity contribution in [3.05, 3.63) is 107 Å². The van der Waals surface area contributed by atoms with Crippen LogP contribution >= 0.6 is 0 Å². The van der Waals surface area contributed by atoms with Crippen molar-refractivity contribution in [3.63, 3.8) is 0 Å². The molecule has 1 amide bonds. The van der Waals surface area contributed by atoms with Crippen molar-refractivity contribution in [2.75, 3.05) is 0 Å². The van der Waals surface area contributed by atoms with Crippen molar-refractivity contribution in [1.82, 2.24) is 5.32 Å². The summed E-state index contributed by atoms with van der Waals surface area (Å²) >= 11 is 0. The van der Waals surface area contributed by atoms with E-state index in [4.69, 9.17) is 5.73 Å². The molecule has 0 bridgehead atoms.